The second-order valence-electron chi connectivity index (χ2n) is 4.76. The van der Waals surface area contributed by atoms with Crippen LogP contribution in [0.2, 0.25) is 0 Å². The number of rotatable bonds is 3. The summed E-state index contributed by atoms with van der Waals surface area (Å²) >= 11 is 0. The van der Waals surface area contributed by atoms with Crippen molar-refractivity contribution in [2.45, 2.75) is 25.8 Å². The van der Waals surface area contributed by atoms with Gasteiger partial charge in [-0.2, -0.15) is 0 Å². The molecule has 1 aliphatic heterocycles. The number of carbonyl (C=O) groups is 3. The maximum atomic E-state index is 12.5. The number of carboxylic acids is 2. The van der Waals surface area contributed by atoms with Gasteiger partial charge in [-0.15, -0.1) is 0 Å². The van der Waals surface area contributed by atoms with Gasteiger partial charge in [0.05, 0.1) is 13.1 Å². The number of halogens is 1. The van der Waals surface area contributed by atoms with Crippen LogP contribution >= 0.6 is 0 Å². The largest absolute Gasteiger partial charge is 0.473 e. The van der Waals surface area contributed by atoms with Crippen LogP contribution in [-0.4, -0.2) is 77.3 Å². The molecule has 0 aromatic rings. The van der Waals surface area contributed by atoms with E-state index in [2.05, 4.69) is 16.7 Å². The molecule has 22 heavy (non-hydrogen) atoms. The molecule has 2 N–H and O–H groups in total. The van der Waals surface area contributed by atoms with E-state index in [9.17, 15) is 9.18 Å². The number of hydrogen-bond acceptors (Lipinski definition) is 4. The highest BCUT2D eigenvalue weighted by Crippen LogP contribution is 2.16. The number of carboxylic acid groups (broad SMARTS) is 2. The highest BCUT2D eigenvalue weighted by molar-refractivity contribution is 6.27. The van der Waals surface area contributed by atoms with Crippen LogP contribution in [0, 0.1) is 11.8 Å². The van der Waals surface area contributed by atoms with Gasteiger partial charge in [0.15, 0.2) is 0 Å². The van der Waals surface area contributed by atoms with Crippen molar-refractivity contribution >= 4 is 17.8 Å². The summed E-state index contributed by atoms with van der Waals surface area (Å²) in [6.45, 7) is 3.23. The van der Waals surface area contributed by atoms with Crippen LogP contribution in [0.25, 0.3) is 0 Å². The number of amides is 1. The lowest BCUT2D eigenvalue weighted by Crippen LogP contribution is -2.31. The Morgan fingerprint density at radius 1 is 1.27 bits per heavy atom. The molecule has 124 valence electrons. The maximum absolute atomic E-state index is 12.5. The molecule has 1 saturated heterocycles. The van der Waals surface area contributed by atoms with Gasteiger partial charge in [0.1, 0.15) is 6.67 Å². The Bertz CT molecular complexity index is 446. The van der Waals surface area contributed by atoms with Gasteiger partial charge in [-0.05, 0) is 19.4 Å². The van der Waals surface area contributed by atoms with E-state index in [0.29, 0.717) is 13.1 Å². The summed E-state index contributed by atoms with van der Waals surface area (Å²) in [5, 5.41) is 14.8. The highest BCUT2D eigenvalue weighted by atomic mass is 19.1. The lowest BCUT2D eigenvalue weighted by Gasteiger charge is -2.18. The third-order valence-electron chi connectivity index (χ3n) is 3.12. The van der Waals surface area contributed by atoms with Gasteiger partial charge < -0.3 is 15.1 Å². The molecule has 0 aromatic heterocycles. The van der Waals surface area contributed by atoms with E-state index in [0.717, 1.165) is 19.4 Å². The summed E-state index contributed by atoms with van der Waals surface area (Å²) in [5.41, 5.74) is 0. The quantitative estimate of drug-likeness (QED) is 0.564. The van der Waals surface area contributed by atoms with Gasteiger partial charge in [0.2, 0.25) is 5.91 Å². The van der Waals surface area contributed by atoms with Gasteiger partial charge in [-0.25, -0.2) is 14.0 Å². The van der Waals surface area contributed by atoms with Gasteiger partial charge in [-0.1, -0.05) is 11.8 Å². The van der Waals surface area contributed by atoms with Crippen molar-refractivity contribution in [3.05, 3.63) is 0 Å². The number of carbonyl (C=O) groups excluding carboxylic acids is 1. The zero-order valence-corrected chi connectivity index (χ0v) is 12.7. The molecule has 1 atom stereocenters. The molecule has 0 bridgehead atoms. The van der Waals surface area contributed by atoms with E-state index in [4.69, 9.17) is 19.8 Å². The SMILES string of the molecule is CC(=O)N(C)CC#CCN1CCC[C@H]1CF.O=C(O)C(=O)O. The summed E-state index contributed by atoms with van der Waals surface area (Å²) in [6, 6.07) is 0.0554. The Morgan fingerprint density at radius 2 is 1.86 bits per heavy atom. The average Bonchev–Trinajstić information content (AvgIpc) is 2.91. The Morgan fingerprint density at radius 3 is 2.32 bits per heavy atom. The van der Waals surface area contributed by atoms with Gasteiger partial charge >= 0.3 is 11.9 Å². The minimum absolute atomic E-state index is 0.0112. The number of aliphatic carboxylic acids is 2. The van der Waals surface area contributed by atoms with Crippen LogP contribution in [0.5, 0.6) is 0 Å². The molecule has 0 aliphatic carbocycles. The maximum Gasteiger partial charge on any atom is 0.414 e. The number of nitrogens with zero attached hydrogens (tertiary/aromatic N) is 2. The molecule has 7 nitrogen and oxygen atoms in total. The number of alkyl halides is 1. The van der Waals surface area contributed by atoms with Gasteiger partial charge in [0.25, 0.3) is 0 Å². The molecule has 1 amide bonds. The Labute approximate surface area is 128 Å². The monoisotopic (exact) mass is 316 g/mol. The topological polar surface area (TPSA) is 98.2 Å². The third-order valence-corrected chi connectivity index (χ3v) is 3.12. The first-order valence-electron chi connectivity index (χ1n) is 6.73. The van der Waals surface area contributed by atoms with Crippen LogP contribution < -0.4 is 0 Å². The van der Waals surface area contributed by atoms with E-state index in [1.807, 2.05) is 0 Å². The van der Waals surface area contributed by atoms with E-state index in [1.54, 1.807) is 11.9 Å². The van der Waals surface area contributed by atoms with E-state index >= 15 is 0 Å². The number of likely N-dealkylation sites (tertiary alicyclic amines) is 1. The molecule has 0 aromatic carbocycles. The first-order chi connectivity index (χ1) is 10.3. The Balaban J connectivity index is 0.000000626. The van der Waals surface area contributed by atoms with Crippen molar-refractivity contribution in [1.82, 2.24) is 9.80 Å². The normalized spacial score (nSPS) is 16.8. The van der Waals surface area contributed by atoms with Crippen molar-refractivity contribution in [2.24, 2.45) is 0 Å². The summed E-state index contributed by atoms with van der Waals surface area (Å²) in [7, 11) is 1.72. The van der Waals surface area contributed by atoms with Crippen LogP contribution in [0.3, 0.4) is 0 Å². The summed E-state index contributed by atoms with van der Waals surface area (Å²) < 4.78 is 12.5. The highest BCUT2D eigenvalue weighted by Gasteiger charge is 2.22. The molecule has 0 radical (unpaired) electrons. The van der Waals surface area contributed by atoms with Crippen molar-refractivity contribution in [1.29, 1.82) is 0 Å². The van der Waals surface area contributed by atoms with E-state index in [-0.39, 0.29) is 18.6 Å². The predicted octanol–water partition coefficient (Wildman–Crippen LogP) is 0.0576. The number of hydrogen-bond donors (Lipinski definition) is 2. The predicted molar refractivity (Wildman–Crippen MR) is 76.9 cm³/mol. The minimum Gasteiger partial charge on any atom is -0.473 e. The van der Waals surface area contributed by atoms with Crippen LogP contribution in [0.1, 0.15) is 19.8 Å². The fourth-order valence-electron chi connectivity index (χ4n) is 1.72. The lowest BCUT2D eigenvalue weighted by molar-refractivity contribution is -0.159. The molecule has 0 spiro atoms. The van der Waals surface area contributed by atoms with E-state index in [1.165, 1.54) is 6.92 Å². The lowest BCUT2D eigenvalue weighted by atomic mass is 10.2. The fraction of sp³-hybridized carbons (Fsp3) is 0.643. The third kappa shape index (κ3) is 8.21. The molecule has 1 fully saturated rings. The van der Waals surface area contributed by atoms with Crippen molar-refractivity contribution < 1.29 is 29.0 Å². The zero-order valence-electron chi connectivity index (χ0n) is 12.7. The smallest absolute Gasteiger partial charge is 0.414 e. The minimum atomic E-state index is -1.82. The van der Waals surface area contributed by atoms with Gasteiger partial charge in [-0.3, -0.25) is 9.69 Å². The fourth-order valence-corrected chi connectivity index (χ4v) is 1.72. The molecule has 1 rings (SSSR count). The first kappa shape index (κ1) is 19.9. The Kier molecular flexibility index (Phi) is 9.54. The molecular formula is C14H21FN2O5. The van der Waals surface area contributed by atoms with E-state index < -0.39 is 11.9 Å². The molecule has 1 heterocycles. The van der Waals surface area contributed by atoms with Gasteiger partial charge in [0, 0.05) is 20.0 Å². The molecule has 8 heteroatoms. The first-order valence-corrected chi connectivity index (χ1v) is 6.73. The van der Waals surface area contributed by atoms with Crippen molar-refractivity contribution in [3.63, 3.8) is 0 Å². The Hall–Kier alpha value is -2.14. The molecule has 1 aliphatic rings. The van der Waals surface area contributed by atoms with Crippen LogP contribution in [-0.2, 0) is 14.4 Å². The summed E-state index contributed by atoms with van der Waals surface area (Å²) in [5.74, 6) is 2.28. The van der Waals surface area contributed by atoms with Crippen molar-refractivity contribution in [3.8, 4) is 11.8 Å². The zero-order chi connectivity index (χ0) is 17.1. The summed E-state index contributed by atoms with van der Waals surface area (Å²) in [4.78, 5) is 32.7. The second kappa shape index (κ2) is 10.6. The summed E-state index contributed by atoms with van der Waals surface area (Å²) in [6.07, 6.45) is 2.00. The second-order valence-corrected chi connectivity index (χ2v) is 4.76. The van der Waals surface area contributed by atoms with Crippen molar-refractivity contribution in [2.75, 3.05) is 33.4 Å². The van der Waals surface area contributed by atoms with Crippen LogP contribution in [0.4, 0.5) is 4.39 Å². The standard InChI is InChI=1S/C12H19FN2O.C2H2O4/c1-11(16)14(2)7-3-4-8-15-9-5-6-12(15)10-13;3-1(4)2(5)6/h12H,5-10H2,1-2H3;(H,3,4)(H,5,6)/t12-;/m0./s1. The average molecular weight is 316 g/mol. The molecule has 0 unspecified atom stereocenters. The van der Waals surface area contributed by atoms with Crippen LogP contribution in [0.15, 0.2) is 0 Å². The molecular weight excluding hydrogens is 295 g/mol. The molecule has 0 saturated carbocycles.